The van der Waals surface area contributed by atoms with Gasteiger partial charge in [0.05, 0.1) is 17.2 Å². The van der Waals surface area contributed by atoms with Crippen molar-refractivity contribution in [3.63, 3.8) is 0 Å². The van der Waals surface area contributed by atoms with Gasteiger partial charge in [-0.2, -0.15) is 0 Å². The van der Waals surface area contributed by atoms with Crippen molar-refractivity contribution in [3.05, 3.63) is 47.5 Å². The van der Waals surface area contributed by atoms with Crippen LogP contribution in [0.5, 0.6) is 0 Å². The number of rotatable bonds is 3. The molecule has 0 radical (unpaired) electrons. The van der Waals surface area contributed by atoms with Crippen molar-refractivity contribution in [2.24, 2.45) is 0 Å². The Morgan fingerprint density at radius 3 is 2.17 bits per heavy atom. The first-order valence-electron chi connectivity index (χ1n) is 5.40. The Morgan fingerprint density at radius 2 is 1.72 bits per heavy atom. The minimum absolute atomic E-state index is 0.359. The summed E-state index contributed by atoms with van der Waals surface area (Å²) >= 11 is 0. The number of carboxylic acids is 1. The maximum atomic E-state index is 12.0. The fraction of sp³-hybridized carbons (Fsp3) is 0.154. The summed E-state index contributed by atoms with van der Waals surface area (Å²) in [6, 6.07) is 5.96. The number of aliphatic carboxylic acids is 1. The van der Waals surface area contributed by atoms with Gasteiger partial charge in [-0.1, -0.05) is 18.2 Å². The molecule has 0 fully saturated rings. The summed E-state index contributed by atoms with van der Waals surface area (Å²) in [5.74, 6) is -1.89. The molecule has 0 saturated carbocycles. The highest BCUT2D eigenvalue weighted by Gasteiger charge is 2.37. The van der Waals surface area contributed by atoms with Crippen LogP contribution in [0.3, 0.4) is 0 Å². The highest BCUT2D eigenvalue weighted by molar-refractivity contribution is 6.21. The van der Waals surface area contributed by atoms with E-state index in [1.807, 2.05) is 0 Å². The Balaban J connectivity index is 2.31. The third kappa shape index (κ3) is 1.90. The Hall–Kier alpha value is -2.43. The van der Waals surface area contributed by atoms with Crippen molar-refractivity contribution < 1.29 is 19.5 Å². The molecular weight excluding hydrogens is 234 g/mol. The van der Waals surface area contributed by atoms with E-state index in [0.29, 0.717) is 11.1 Å². The molecule has 1 unspecified atom stereocenters. The molecule has 2 amide bonds. The van der Waals surface area contributed by atoms with Gasteiger partial charge in [0.2, 0.25) is 0 Å². The number of hydrogen-bond donors (Lipinski definition) is 1. The molecule has 92 valence electrons. The van der Waals surface area contributed by atoms with Gasteiger partial charge >= 0.3 is 5.97 Å². The average molecular weight is 245 g/mol. The van der Waals surface area contributed by atoms with Crippen molar-refractivity contribution >= 4 is 17.8 Å². The highest BCUT2D eigenvalue weighted by atomic mass is 16.4. The van der Waals surface area contributed by atoms with Crippen LogP contribution in [0.2, 0.25) is 0 Å². The van der Waals surface area contributed by atoms with Gasteiger partial charge in [0.1, 0.15) is 0 Å². The molecule has 0 aliphatic carbocycles. The SMILES string of the molecule is CC(/C=C/C(=O)O)N1C(=O)c2ccccc2C1=O. The molecule has 1 aromatic rings. The van der Waals surface area contributed by atoms with E-state index in [9.17, 15) is 14.4 Å². The second kappa shape index (κ2) is 4.44. The molecule has 0 bridgehead atoms. The molecule has 1 heterocycles. The van der Waals surface area contributed by atoms with Crippen molar-refractivity contribution in [2.45, 2.75) is 13.0 Å². The molecule has 5 heteroatoms. The van der Waals surface area contributed by atoms with E-state index in [0.717, 1.165) is 11.0 Å². The largest absolute Gasteiger partial charge is 0.478 e. The monoisotopic (exact) mass is 245 g/mol. The Kier molecular flexibility index (Phi) is 2.97. The van der Waals surface area contributed by atoms with E-state index in [1.165, 1.54) is 6.08 Å². The zero-order valence-electron chi connectivity index (χ0n) is 9.66. The van der Waals surface area contributed by atoms with Gasteiger partial charge in [0, 0.05) is 6.08 Å². The second-order valence-corrected chi connectivity index (χ2v) is 3.96. The van der Waals surface area contributed by atoms with Gasteiger partial charge in [0.25, 0.3) is 11.8 Å². The van der Waals surface area contributed by atoms with Gasteiger partial charge in [-0.3, -0.25) is 14.5 Å². The van der Waals surface area contributed by atoms with Crippen LogP contribution in [-0.4, -0.2) is 33.8 Å². The minimum Gasteiger partial charge on any atom is -0.478 e. The lowest BCUT2D eigenvalue weighted by atomic mass is 10.1. The van der Waals surface area contributed by atoms with E-state index >= 15 is 0 Å². The summed E-state index contributed by atoms with van der Waals surface area (Å²) in [6.07, 6.45) is 2.23. The number of benzene rings is 1. The quantitative estimate of drug-likeness (QED) is 0.643. The Morgan fingerprint density at radius 1 is 1.22 bits per heavy atom. The smallest absolute Gasteiger partial charge is 0.328 e. The molecule has 0 aromatic heterocycles. The van der Waals surface area contributed by atoms with Crippen LogP contribution in [0.1, 0.15) is 27.6 Å². The second-order valence-electron chi connectivity index (χ2n) is 3.96. The summed E-state index contributed by atoms with van der Waals surface area (Å²) in [7, 11) is 0. The van der Waals surface area contributed by atoms with Gasteiger partial charge in [-0.15, -0.1) is 0 Å². The molecule has 1 aromatic carbocycles. The van der Waals surface area contributed by atoms with E-state index in [4.69, 9.17) is 5.11 Å². The molecule has 1 aliphatic heterocycles. The molecule has 0 spiro atoms. The van der Waals surface area contributed by atoms with Crippen molar-refractivity contribution in [1.29, 1.82) is 0 Å². The molecular formula is C13H11NO4. The summed E-state index contributed by atoms with van der Waals surface area (Å²) in [5, 5.41) is 8.54. The number of fused-ring (bicyclic) bond motifs is 1. The van der Waals surface area contributed by atoms with Crippen LogP contribution in [-0.2, 0) is 4.79 Å². The predicted molar refractivity (Wildman–Crippen MR) is 63.2 cm³/mol. The third-order valence-corrected chi connectivity index (χ3v) is 2.75. The maximum Gasteiger partial charge on any atom is 0.328 e. The minimum atomic E-state index is -1.11. The average Bonchev–Trinajstić information content (AvgIpc) is 2.60. The highest BCUT2D eigenvalue weighted by Crippen LogP contribution is 2.24. The van der Waals surface area contributed by atoms with E-state index < -0.39 is 23.8 Å². The number of nitrogens with zero attached hydrogens (tertiary/aromatic N) is 1. The van der Waals surface area contributed by atoms with Crippen LogP contribution in [0.25, 0.3) is 0 Å². The number of imide groups is 1. The van der Waals surface area contributed by atoms with Crippen molar-refractivity contribution in [3.8, 4) is 0 Å². The van der Waals surface area contributed by atoms with Crippen LogP contribution >= 0.6 is 0 Å². The van der Waals surface area contributed by atoms with Crippen LogP contribution in [0.15, 0.2) is 36.4 Å². The van der Waals surface area contributed by atoms with Gasteiger partial charge in [-0.25, -0.2) is 4.79 Å². The Labute approximate surface area is 103 Å². The maximum absolute atomic E-state index is 12.0. The first-order valence-corrected chi connectivity index (χ1v) is 5.40. The van der Waals surface area contributed by atoms with Crippen molar-refractivity contribution in [1.82, 2.24) is 4.90 Å². The number of carbonyl (C=O) groups is 3. The number of carboxylic acid groups (broad SMARTS) is 1. The first-order chi connectivity index (χ1) is 8.52. The van der Waals surface area contributed by atoms with Crippen molar-refractivity contribution in [2.75, 3.05) is 0 Å². The number of hydrogen-bond acceptors (Lipinski definition) is 3. The molecule has 1 N–H and O–H groups in total. The fourth-order valence-electron chi connectivity index (χ4n) is 1.89. The van der Waals surface area contributed by atoms with Gasteiger partial charge < -0.3 is 5.11 Å². The molecule has 1 aliphatic rings. The van der Waals surface area contributed by atoms with Crippen LogP contribution in [0.4, 0.5) is 0 Å². The lowest BCUT2D eigenvalue weighted by Crippen LogP contribution is -2.36. The molecule has 5 nitrogen and oxygen atoms in total. The van der Waals surface area contributed by atoms with Crippen LogP contribution < -0.4 is 0 Å². The Bertz CT molecular complexity index is 527. The summed E-state index contributed by atoms with van der Waals surface area (Å²) < 4.78 is 0. The lowest BCUT2D eigenvalue weighted by molar-refractivity contribution is -0.131. The molecule has 18 heavy (non-hydrogen) atoms. The summed E-state index contributed by atoms with van der Waals surface area (Å²) in [5.41, 5.74) is 0.719. The molecule has 1 atom stereocenters. The topological polar surface area (TPSA) is 74.7 Å². The molecule has 2 rings (SSSR count). The normalized spacial score (nSPS) is 16.2. The van der Waals surface area contributed by atoms with E-state index in [-0.39, 0.29) is 0 Å². The third-order valence-electron chi connectivity index (χ3n) is 2.75. The van der Waals surface area contributed by atoms with Crippen LogP contribution in [0, 0.1) is 0 Å². The summed E-state index contributed by atoms with van der Waals surface area (Å²) in [4.78, 5) is 35.5. The number of carbonyl (C=O) groups excluding carboxylic acids is 2. The first kappa shape index (κ1) is 12.0. The zero-order valence-corrected chi connectivity index (χ0v) is 9.66. The predicted octanol–water partition coefficient (Wildman–Crippen LogP) is 1.31. The van der Waals surface area contributed by atoms with Gasteiger partial charge in [-0.05, 0) is 19.1 Å². The standard InChI is InChI=1S/C13H11NO4/c1-8(6-7-11(15)16)14-12(17)9-4-2-3-5-10(9)13(14)18/h2-8H,1H3,(H,15,16)/b7-6+. The van der Waals surface area contributed by atoms with Gasteiger partial charge in [0.15, 0.2) is 0 Å². The number of amides is 2. The lowest BCUT2D eigenvalue weighted by Gasteiger charge is -2.18. The molecule has 0 saturated heterocycles. The summed E-state index contributed by atoms with van der Waals surface area (Å²) in [6.45, 7) is 1.60. The zero-order chi connectivity index (χ0) is 13.3. The van der Waals surface area contributed by atoms with E-state index in [1.54, 1.807) is 31.2 Å². The van der Waals surface area contributed by atoms with E-state index in [2.05, 4.69) is 0 Å². The fourth-order valence-corrected chi connectivity index (χ4v) is 1.89.